The number of ether oxygens (including phenoxy) is 1. The second-order valence-electron chi connectivity index (χ2n) is 3.03. The second kappa shape index (κ2) is 6.43. The minimum atomic E-state index is -1.09. The Hall–Kier alpha value is -2.31. The molecular formula is C11H10F2N2O3. The van der Waals surface area contributed by atoms with E-state index in [1.165, 1.54) is 6.07 Å². The van der Waals surface area contributed by atoms with Crippen LogP contribution in [0.15, 0.2) is 40.4 Å². The molecule has 0 bridgehead atoms. The summed E-state index contributed by atoms with van der Waals surface area (Å²) in [6, 6.07) is 2.84. The summed E-state index contributed by atoms with van der Waals surface area (Å²) in [4.78, 5) is 11.2. The number of azo groups is 1. The molecule has 0 aromatic heterocycles. The fourth-order valence-electron chi connectivity index (χ4n) is 0.983. The second-order valence-corrected chi connectivity index (χ2v) is 3.03. The van der Waals surface area contributed by atoms with Gasteiger partial charge < -0.3 is 9.84 Å². The lowest BCUT2D eigenvalue weighted by Gasteiger charge is -1.99. The molecule has 0 spiro atoms. The van der Waals surface area contributed by atoms with Crippen LogP contribution in [0.1, 0.15) is 6.92 Å². The summed E-state index contributed by atoms with van der Waals surface area (Å²) in [5.74, 6) is -2.97. The molecule has 5 nitrogen and oxygen atoms in total. The number of esters is 1. The molecule has 0 aliphatic heterocycles. The molecule has 1 aromatic carbocycles. The Morgan fingerprint density at radius 3 is 2.72 bits per heavy atom. The van der Waals surface area contributed by atoms with Gasteiger partial charge in [0.15, 0.2) is 11.6 Å². The zero-order chi connectivity index (χ0) is 13.5. The minimum Gasteiger partial charge on any atom is -0.513 e. The first-order valence-corrected chi connectivity index (χ1v) is 4.96. The van der Waals surface area contributed by atoms with Crippen LogP contribution < -0.4 is 0 Å². The van der Waals surface area contributed by atoms with Gasteiger partial charge in [-0.3, -0.25) is 0 Å². The number of nitrogens with zero attached hydrogens (tertiary/aromatic N) is 2. The number of rotatable bonds is 4. The third kappa shape index (κ3) is 3.62. The number of carbonyl (C=O) groups excluding carboxylic acids is 1. The maximum atomic E-state index is 12.8. The maximum absolute atomic E-state index is 12.8. The van der Waals surface area contributed by atoms with E-state index in [1.54, 1.807) is 6.92 Å². The summed E-state index contributed by atoms with van der Waals surface area (Å²) in [6.07, 6.45) is 0.418. The lowest BCUT2D eigenvalue weighted by atomic mass is 10.3. The Labute approximate surface area is 101 Å². The van der Waals surface area contributed by atoms with E-state index < -0.39 is 23.3 Å². The number of hydrogen-bond acceptors (Lipinski definition) is 5. The van der Waals surface area contributed by atoms with E-state index in [2.05, 4.69) is 15.0 Å². The van der Waals surface area contributed by atoms with E-state index in [1.807, 2.05) is 0 Å². The van der Waals surface area contributed by atoms with E-state index in [-0.39, 0.29) is 12.3 Å². The van der Waals surface area contributed by atoms with Gasteiger partial charge >= 0.3 is 5.97 Å². The van der Waals surface area contributed by atoms with Crippen LogP contribution in [-0.2, 0) is 9.53 Å². The molecule has 0 saturated carbocycles. The molecular weight excluding hydrogens is 246 g/mol. The van der Waals surface area contributed by atoms with Gasteiger partial charge in [0, 0.05) is 6.07 Å². The number of benzene rings is 1. The molecule has 96 valence electrons. The SMILES string of the molecule is CCOC(=O)/C(=C/O)N=Nc1ccc(F)c(F)c1. The highest BCUT2D eigenvalue weighted by Crippen LogP contribution is 2.17. The average Bonchev–Trinajstić information content (AvgIpc) is 2.34. The van der Waals surface area contributed by atoms with Crippen LogP contribution in [0.3, 0.4) is 0 Å². The van der Waals surface area contributed by atoms with Crippen molar-refractivity contribution in [3.8, 4) is 0 Å². The summed E-state index contributed by atoms with van der Waals surface area (Å²) in [5.41, 5.74) is -0.445. The molecule has 18 heavy (non-hydrogen) atoms. The predicted molar refractivity (Wildman–Crippen MR) is 58.2 cm³/mol. The molecule has 0 aliphatic rings. The highest BCUT2D eigenvalue weighted by molar-refractivity contribution is 5.87. The first-order chi connectivity index (χ1) is 8.58. The highest BCUT2D eigenvalue weighted by atomic mass is 19.2. The van der Waals surface area contributed by atoms with Crippen LogP contribution in [0.5, 0.6) is 0 Å². The van der Waals surface area contributed by atoms with Crippen LogP contribution in [0.25, 0.3) is 0 Å². The Kier molecular flexibility index (Phi) is 4.91. The maximum Gasteiger partial charge on any atom is 0.362 e. The average molecular weight is 256 g/mol. The third-order valence-corrected chi connectivity index (χ3v) is 1.78. The molecule has 0 fully saturated rings. The highest BCUT2D eigenvalue weighted by Gasteiger charge is 2.10. The van der Waals surface area contributed by atoms with Gasteiger partial charge in [-0.2, -0.15) is 5.11 Å². The fraction of sp³-hybridized carbons (Fsp3) is 0.182. The van der Waals surface area contributed by atoms with Gasteiger partial charge in [0.25, 0.3) is 0 Å². The Bertz CT molecular complexity index is 501. The number of halogens is 2. The fourth-order valence-corrected chi connectivity index (χ4v) is 0.983. The van der Waals surface area contributed by atoms with Crippen LogP contribution in [0, 0.1) is 11.6 Å². The monoisotopic (exact) mass is 256 g/mol. The van der Waals surface area contributed by atoms with E-state index in [0.29, 0.717) is 6.26 Å². The van der Waals surface area contributed by atoms with Crippen molar-refractivity contribution >= 4 is 11.7 Å². The number of aliphatic hydroxyl groups excluding tert-OH is 1. The smallest absolute Gasteiger partial charge is 0.362 e. The Balaban J connectivity index is 2.84. The molecule has 1 N–H and O–H groups in total. The lowest BCUT2D eigenvalue weighted by Crippen LogP contribution is -2.05. The molecule has 0 heterocycles. The van der Waals surface area contributed by atoms with Crippen LogP contribution in [-0.4, -0.2) is 17.7 Å². The number of hydrogen-bond donors (Lipinski definition) is 1. The zero-order valence-electron chi connectivity index (χ0n) is 9.43. The largest absolute Gasteiger partial charge is 0.513 e. The van der Waals surface area contributed by atoms with Crippen LogP contribution in [0.2, 0.25) is 0 Å². The molecule has 1 rings (SSSR count). The molecule has 0 saturated heterocycles. The van der Waals surface area contributed by atoms with Gasteiger partial charge in [0.2, 0.25) is 5.70 Å². The summed E-state index contributed by atoms with van der Waals surface area (Å²) >= 11 is 0. The minimum absolute atomic E-state index is 0.00227. The molecule has 0 atom stereocenters. The van der Waals surface area contributed by atoms with E-state index in [4.69, 9.17) is 5.11 Å². The van der Waals surface area contributed by atoms with Crippen molar-refractivity contribution in [1.29, 1.82) is 0 Å². The molecule has 0 amide bonds. The van der Waals surface area contributed by atoms with E-state index >= 15 is 0 Å². The van der Waals surface area contributed by atoms with Crippen molar-refractivity contribution in [3.63, 3.8) is 0 Å². The normalized spacial score (nSPS) is 11.8. The number of carbonyl (C=O) groups is 1. The third-order valence-electron chi connectivity index (χ3n) is 1.78. The summed E-state index contributed by atoms with van der Waals surface area (Å²) < 4.78 is 30.0. The van der Waals surface area contributed by atoms with Crippen molar-refractivity contribution in [1.82, 2.24) is 0 Å². The van der Waals surface area contributed by atoms with Crippen molar-refractivity contribution < 1.29 is 23.4 Å². The predicted octanol–water partition coefficient (Wildman–Crippen LogP) is 3.01. The van der Waals surface area contributed by atoms with Gasteiger partial charge in [-0.05, 0) is 19.1 Å². The standard InChI is InChI=1S/C11H10F2N2O3/c1-2-18-11(17)10(6-16)15-14-7-3-4-8(12)9(13)5-7/h3-6,16H,2H2,1H3/b10-6-,15-14?. The number of aliphatic hydroxyl groups is 1. The summed E-state index contributed by atoms with van der Waals surface area (Å²) in [7, 11) is 0. The molecule has 7 heteroatoms. The topological polar surface area (TPSA) is 71.2 Å². The van der Waals surface area contributed by atoms with E-state index in [0.717, 1.165) is 12.1 Å². The van der Waals surface area contributed by atoms with E-state index in [9.17, 15) is 13.6 Å². The first kappa shape index (κ1) is 13.8. The lowest BCUT2D eigenvalue weighted by molar-refractivity contribution is -0.138. The quantitative estimate of drug-likeness (QED) is 0.389. The van der Waals surface area contributed by atoms with Crippen LogP contribution >= 0.6 is 0 Å². The van der Waals surface area contributed by atoms with Gasteiger partial charge in [-0.15, -0.1) is 5.11 Å². The molecule has 0 aliphatic carbocycles. The Morgan fingerprint density at radius 1 is 1.44 bits per heavy atom. The van der Waals surface area contributed by atoms with Crippen molar-refractivity contribution in [2.24, 2.45) is 10.2 Å². The van der Waals surface area contributed by atoms with Gasteiger partial charge in [0.05, 0.1) is 12.3 Å². The molecule has 1 aromatic rings. The van der Waals surface area contributed by atoms with Crippen LogP contribution in [0.4, 0.5) is 14.5 Å². The van der Waals surface area contributed by atoms with Crippen molar-refractivity contribution in [2.45, 2.75) is 6.92 Å². The molecule has 0 radical (unpaired) electrons. The van der Waals surface area contributed by atoms with Crippen molar-refractivity contribution in [3.05, 3.63) is 41.8 Å². The zero-order valence-corrected chi connectivity index (χ0v) is 9.43. The summed E-state index contributed by atoms with van der Waals surface area (Å²) in [6.45, 7) is 1.69. The van der Waals surface area contributed by atoms with Gasteiger partial charge in [-0.25, -0.2) is 13.6 Å². The Morgan fingerprint density at radius 2 is 2.17 bits per heavy atom. The first-order valence-electron chi connectivity index (χ1n) is 4.96. The van der Waals surface area contributed by atoms with Crippen molar-refractivity contribution in [2.75, 3.05) is 6.61 Å². The van der Waals surface area contributed by atoms with Gasteiger partial charge in [-0.1, -0.05) is 0 Å². The molecule has 0 unspecified atom stereocenters. The summed E-state index contributed by atoms with van der Waals surface area (Å²) in [5, 5.41) is 15.6. The van der Waals surface area contributed by atoms with Gasteiger partial charge in [0.1, 0.15) is 6.26 Å².